The molecule has 3 heterocycles. The molecule has 0 amide bonds. The maximum Gasteiger partial charge on any atom is 0.423 e. The molecule has 28 heavy (non-hydrogen) atoms. The Morgan fingerprint density at radius 1 is 1.00 bits per heavy atom. The maximum absolute atomic E-state index is 12.7. The van der Waals surface area contributed by atoms with E-state index in [1.165, 1.54) is 5.56 Å². The first-order valence-electron chi connectivity index (χ1n) is 9.89. The van der Waals surface area contributed by atoms with Gasteiger partial charge in [-0.3, -0.25) is 4.90 Å². The Hall–Kier alpha value is -2.86. The minimum absolute atomic E-state index is 0.141. The normalized spacial score (nSPS) is 24.5. The van der Waals surface area contributed by atoms with Crippen LogP contribution in [-0.2, 0) is 11.3 Å². The smallest absolute Gasteiger partial charge is 0.423 e. The molecule has 5 rings (SSSR count). The molecular formula is C22H23N3O3. The number of nitrogens with one attached hydrogen (secondary N) is 1. The minimum Gasteiger partial charge on any atom is -0.445 e. The van der Waals surface area contributed by atoms with Gasteiger partial charge in [-0.1, -0.05) is 42.5 Å². The number of H-pyrrole nitrogens is 1. The van der Waals surface area contributed by atoms with Crippen LogP contribution in [0.15, 0.2) is 59.4 Å². The number of carbonyl (C=O) groups is 1. The molecule has 0 aliphatic carbocycles. The summed E-state index contributed by atoms with van der Waals surface area (Å²) in [5.41, 5.74) is 2.07. The van der Waals surface area contributed by atoms with Crippen molar-refractivity contribution in [2.75, 3.05) is 0 Å². The van der Waals surface area contributed by atoms with Crippen LogP contribution in [0.2, 0.25) is 0 Å². The molecule has 3 atom stereocenters. The highest BCUT2D eigenvalue weighted by molar-refractivity contribution is 5.86. The monoisotopic (exact) mass is 377 g/mol. The summed E-state index contributed by atoms with van der Waals surface area (Å²) in [5.74, 6) is 0. The number of fused-ring (bicyclic) bond motifs is 3. The van der Waals surface area contributed by atoms with E-state index >= 15 is 0 Å². The van der Waals surface area contributed by atoms with Crippen LogP contribution >= 0.6 is 0 Å². The Bertz CT molecular complexity index is 1040. The maximum atomic E-state index is 12.7. The van der Waals surface area contributed by atoms with Crippen LogP contribution in [0, 0.1) is 0 Å². The van der Waals surface area contributed by atoms with Crippen LogP contribution in [0.5, 0.6) is 0 Å². The molecule has 1 aromatic heterocycles. The van der Waals surface area contributed by atoms with Crippen LogP contribution in [0.25, 0.3) is 11.0 Å². The lowest BCUT2D eigenvalue weighted by Gasteiger charge is -2.38. The second-order valence-electron chi connectivity index (χ2n) is 7.80. The van der Waals surface area contributed by atoms with E-state index in [4.69, 9.17) is 4.74 Å². The average molecular weight is 377 g/mol. The Morgan fingerprint density at radius 3 is 2.43 bits per heavy atom. The number of imidazole rings is 1. The molecule has 2 bridgehead atoms. The van der Waals surface area contributed by atoms with E-state index in [0.29, 0.717) is 23.1 Å². The van der Waals surface area contributed by atoms with Crippen LogP contribution in [0.4, 0.5) is 4.79 Å². The molecule has 1 N–H and O–H groups in total. The second kappa shape index (κ2) is 6.95. The van der Waals surface area contributed by atoms with Crippen molar-refractivity contribution in [1.82, 2.24) is 14.5 Å². The van der Waals surface area contributed by atoms with E-state index in [0.717, 1.165) is 36.8 Å². The summed E-state index contributed by atoms with van der Waals surface area (Å²) in [4.78, 5) is 30.2. The molecule has 3 aromatic rings. The number of aromatic amines is 1. The Kier molecular flexibility index (Phi) is 4.28. The summed E-state index contributed by atoms with van der Waals surface area (Å²) in [6.45, 7) is 0.943. The number of hydrogen-bond acceptors (Lipinski definition) is 4. The number of carbonyl (C=O) groups excluding carboxylic acids is 1. The van der Waals surface area contributed by atoms with Crippen LogP contribution in [-0.4, -0.2) is 38.7 Å². The fourth-order valence-corrected chi connectivity index (χ4v) is 4.80. The zero-order valence-corrected chi connectivity index (χ0v) is 15.6. The Balaban J connectivity index is 1.30. The van der Waals surface area contributed by atoms with Gasteiger partial charge in [-0.2, -0.15) is 4.57 Å². The molecule has 6 heteroatoms. The molecule has 144 valence electrons. The van der Waals surface area contributed by atoms with E-state index in [-0.39, 0.29) is 6.10 Å². The van der Waals surface area contributed by atoms with Gasteiger partial charge in [0.1, 0.15) is 6.10 Å². The highest BCUT2D eigenvalue weighted by atomic mass is 16.6. The number of benzene rings is 2. The van der Waals surface area contributed by atoms with E-state index < -0.39 is 11.8 Å². The predicted octanol–water partition coefficient (Wildman–Crippen LogP) is 3.51. The molecule has 0 radical (unpaired) electrons. The van der Waals surface area contributed by atoms with Gasteiger partial charge in [0, 0.05) is 31.5 Å². The summed E-state index contributed by atoms with van der Waals surface area (Å²) in [6.07, 6.45) is 3.20. The van der Waals surface area contributed by atoms with Gasteiger partial charge in [0.15, 0.2) is 0 Å². The largest absolute Gasteiger partial charge is 0.445 e. The standard InChI is InChI=1S/C22H23N3O3/c26-21-23-19-8-4-5-9-20(19)25(21)22(27)28-18-12-16-10-11-17(13-18)24(16)14-15-6-2-1-3-7-15/h1-9,16-18H,10-14H2,(H,23,26)/t16-,17+,18?. The number of aromatic nitrogens is 2. The third kappa shape index (κ3) is 3.03. The molecule has 1 unspecified atom stereocenters. The zero-order valence-electron chi connectivity index (χ0n) is 15.6. The van der Waals surface area contributed by atoms with Crippen molar-refractivity contribution < 1.29 is 9.53 Å². The van der Waals surface area contributed by atoms with E-state index in [2.05, 4.69) is 34.1 Å². The molecule has 2 saturated heterocycles. The highest BCUT2D eigenvalue weighted by Crippen LogP contribution is 2.38. The molecule has 2 aliphatic rings. The molecule has 0 spiro atoms. The topological polar surface area (TPSA) is 67.3 Å². The van der Waals surface area contributed by atoms with Crippen molar-refractivity contribution in [3.8, 4) is 0 Å². The van der Waals surface area contributed by atoms with Gasteiger partial charge in [-0.15, -0.1) is 0 Å². The van der Waals surface area contributed by atoms with Gasteiger partial charge in [0.25, 0.3) is 0 Å². The van der Waals surface area contributed by atoms with Crippen LogP contribution in [0.1, 0.15) is 31.2 Å². The van der Waals surface area contributed by atoms with Crippen LogP contribution < -0.4 is 5.69 Å². The van der Waals surface area contributed by atoms with Gasteiger partial charge in [-0.05, 0) is 30.5 Å². The minimum atomic E-state index is -0.580. The summed E-state index contributed by atoms with van der Waals surface area (Å²) in [5, 5.41) is 0. The van der Waals surface area contributed by atoms with Gasteiger partial charge in [0.05, 0.1) is 11.0 Å². The average Bonchev–Trinajstić information content (AvgIpc) is 3.14. The number of nitrogens with zero attached hydrogens (tertiary/aromatic N) is 2. The second-order valence-corrected chi connectivity index (χ2v) is 7.80. The lowest BCUT2D eigenvalue weighted by Crippen LogP contribution is -2.46. The fraction of sp³-hybridized carbons (Fsp3) is 0.364. The Labute approximate surface area is 162 Å². The van der Waals surface area contributed by atoms with E-state index in [1.54, 1.807) is 12.1 Å². The fourth-order valence-electron chi connectivity index (χ4n) is 4.80. The lowest BCUT2D eigenvalue weighted by atomic mass is 9.99. The van der Waals surface area contributed by atoms with Gasteiger partial charge in [-0.25, -0.2) is 9.59 Å². The molecule has 2 fully saturated rings. The first-order valence-corrected chi connectivity index (χ1v) is 9.89. The van der Waals surface area contributed by atoms with Crippen LogP contribution in [0.3, 0.4) is 0 Å². The predicted molar refractivity (Wildman–Crippen MR) is 106 cm³/mol. The van der Waals surface area contributed by atoms with Crippen molar-refractivity contribution in [2.45, 2.75) is 50.4 Å². The number of hydrogen-bond donors (Lipinski definition) is 1. The third-order valence-electron chi connectivity index (χ3n) is 6.09. The van der Waals surface area contributed by atoms with Crippen molar-refractivity contribution in [1.29, 1.82) is 0 Å². The number of rotatable bonds is 3. The molecule has 2 aliphatic heterocycles. The quantitative estimate of drug-likeness (QED) is 0.758. The van der Waals surface area contributed by atoms with Crippen molar-refractivity contribution in [3.05, 3.63) is 70.6 Å². The number of piperidine rings is 1. The summed E-state index contributed by atoms with van der Waals surface area (Å²) in [6, 6.07) is 18.5. The van der Waals surface area contributed by atoms with Crippen molar-refractivity contribution >= 4 is 17.1 Å². The van der Waals surface area contributed by atoms with Gasteiger partial charge < -0.3 is 9.72 Å². The lowest BCUT2D eigenvalue weighted by molar-refractivity contribution is 0.0151. The summed E-state index contributed by atoms with van der Waals surface area (Å²) >= 11 is 0. The molecule has 2 aromatic carbocycles. The highest BCUT2D eigenvalue weighted by Gasteiger charge is 2.42. The van der Waals surface area contributed by atoms with Crippen molar-refractivity contribution in [3.63, 3.8) is 0 Å². The SMILES string of the molecule is O=C(OC1C[C@H]2CC[C@@H](C1)N2Cc1ccccc1)n1c(=O)[nH]c2ccccc21. The number of ether oxygens (including phenoxy) is 1. The van der Waals surface area contributed by atoms with Crippen molar-refractivity contribution in [2.24, 2.45) is 0 Å². The first-order chi connectivity index (χ1) is 13.7. The Morgan fingerprint density at radius 2 is 1.68 bits per heavy atom. The molecule has 6 nitrogen and oxygen atoms in total. The van der Waals surface area contributed by atoms with E-state index in [1.807, 2.05) is 18.2 Å². The van der Waals surface area contributed by atoms with Gasteiger partial charge in [0.2, 0.25) is 0 Å². The molecule has 0 saturated carbocycles. The van der Waals surface area contributed by atoms with Gasteiger partial charge >= 0.3 is 11.8 Å². The first kappa shape index (κ1) is 17.3. The number of para-hydroxylation sites is 2. The summed E-state index contributed by atoms with van der Waals surface area (Å²) < 4.78 is 6.89. The summed E-state index contributed by atoms with van der Waals surface area (Å²) in [7, 11) is 0. The molecular weight excluding hydrogens is 354 g/mol. The van der Waals surface area contributed by atoms with E-state index in [9.17, 15) is 9.59 Å². The zero-order chi connectivity index (χ0) is 19.1. The third-order valence-corrected chi connectivity index (χ3v) is 6.09.